The van der Waals surface area contributed by atoms with Crippen LogP contribution in [-0.2, 0) is 26.3 Å². The van der Waals surface area contributed by atoms with Crippen molar-refractivity contribution in [2.24, 2.45) is 0 Å². The van der Waals surface area contributed by atoms with Crippen molar-refractivity contribution in [2.45, 2.75) is 97.7 Å². The SMILES string of the molecule is CC[C@@](OC(C)(C)C)(C(=O)O)c1c(C)nc2cc(NC(=O)OCC[Si](C)(C)C)nn2c1-c1cc(F)c2c(c1C)CCCO2. The average molecular weight is 615 g/mol. The lowest BCUT2D eigenvalue weighted by molar-refractivity contribution is -0.188. The van der Waals surface area contributed by atoms with Gasteiger partial charge in [-0.25, -0.2) is 23.5 Å². The maximum atomic E-state index is 15.6. The molecule has 0 aliphatic carbocycles. The van der Waals surface area contributed by atoms with E-state index in [1.165, 1.54) is 10.6 Å². The van der Waals surface area contributed by atoms with Crippen molar-refractivity contribution >= 4 is 31.6 Å². The fraction of sp³-hybridized carbons (Fsp3) is 0.548. The topological polar surface area (TPSA) is 124 Å². The van der Waals surface area contributed by atoms with Gasteiger partial charge in [0.2, 0.25) is 0 Å². The molecule has 1 atom stereocenters. The van der Waals surface area contributed by atoms with Crippen LogP contribution in [0.15, 0.2) is 12.1 Å². The molecule has 2 aromatic heterocycles. The second-order valence-corrected chi connectivity index (χ2v) is 18.9. The van der Waals surface area contributed by atoms with Gasteiger partial charge in [-0.3, -0.25) is 5.32 Å². The molecular formula is C31H43FN4O6Si. The highest BCUT2D eigenvalue weighted by molar-refractivity contribution is 6.76. The van der Waals surface area contributed by atoms with Crippen molar-refractivity contribution in [3.63, 3.8) is 0 Å². The summed E-state index contributed by atoms with van der Waals surface area (Å²) in [6, 6.07) is 3.75. The third-order valence-corrected chi connectivity index (χ3v) is 9.22. The Morgan fingerprint density at radius 1 is 1.21 bits per heavy atom. The van der Waals surface area contributed by atoms with Crippen LogP contribution in [-0.4, -0.2) is 58.7 Å². The van der Waals surface area contributed by atoms with E-state index in [-0.39, 0.29) is 23.6 Å². The Labute approximate surface area is 252 Å². The first-order valence-electron chi connectivity index (χ1n) is 14.7. The predicted octanol–water partition coefficient (Wildman–Crippen LogP) is 6.87. The molecule has 1 aromatic carbocycles. The van der Waals surface area contributed by atoms with Gasteiger partial charge >= 0.3 is 12.1 Å². The summed E-state index contributed by atoms with van der Waals surface area (Å²) in [6.07, 6.45) is 0.745. The molecule has 0 saturated carbocycles. The van der Waals surface area contributed by atoms with E-state index < -0.39 is 37.2 Å². The van der Waals surface area contributed by atoms with Crippen LogP contribution in [0.2, 0.25) is 25.7 Å². The second kappa shape index (κ2) is 11.9. The van der Waals surface area contributed by atoms with Crippen molar-refractivity contribution in [3.8, 4) is 17.0 Å². The number of aromatic nitrogens is 3. The van der Waals surface area contributed by atoms with Gasteiger partial charge in [0.15, 0.2) is 28.6 Å². The summed E-state index contributed by atoms with van der Waals surface area (Å²) in [6.45, 7) is 17.9. The molecule has 0 unspecified atom stereocenters. The molecular weight excluding hydrogens is 571 g/mol. The first-order valence-corrected chi connectivity index (χ1v) is 18.4. The number of benzene rings is 1. The Kier molecular flexibility index (Phi) is 8.95. The van der Waals surface area contributed by atoms with E-state index >= 15 is 4.39 Å². The van der Waals surface area contributed by atoms with Crippen molar-refractivity contribution in [1.82, 2.24) is 14.6 Å². The molecule has 3 heterocycles. The zero-order chi connectivity index (χ0) is 31.9. The van der Waals surface area contributed by atoms with Crippen LogP contribution < -0.4 is 10.1 Å². The number of hydrogen-bond donors (Lipinski definition) is 2. The molecule has 3 aromatic rings. The largest absolute Gasteiger partial charge is 0.490 e. The minimum Gasteiger partial charge on any atom is -0.490 e. The number of amides is 1. The Morgan fingerprint density at radius 2 is 1.91 bits per heavy atom. The zero-order valence-electron chi connectivity index (χ0n) is 26.6. The van der Waals surface area contributed by atoms with Crippen molar-refractivity contribution in [3.05, 3.63) is 40.3 Å². The van der Waals surface area contributed by atoms with E-state index in [0.717, 1.165) is 23.6 Å². The predicted molar refractivity (Wildman–Crippen MR) is 165 cm³/mol. The lowest BCUT2D eigenvalue weighted by Crippen LogP contribution is -2.45. The van der Waals surface area contributed by atoms with Gasteiger partial charge in [-0.05, 0) is 71.6 Å². The summed E-state index contributed by atoms with van der Waals surface area (Å²) < 4.78 is 34.5. The number of ether oxygens (including phenoxy) is 3. The lowest BCUT2D eigenvalue weighted by atomic mass is 9.83. The molecule has 10 nitrogen and oxygen atoms in total. The van der Waals surface area contributed by atoms with Crippen LogP contribution in [0.5, 0.6) is 5.75 Å². The minimum atomic E-state index is -1.84. The lowest BCUT2D eigenvalue weighted by Gasteiger charge is -2.38. The Morgan fingerprint density at radius 3 is 2.51 bits per heavy atom. The Bertz CT molecular complexity index is 1560. The fourth-order valence-corrected chi connectivity index (χ4v) is 6.25. The monoisotopic (exact) mass is 614 g/mol. The van der Waals surface area contributed by atoms with Crippen LogP contribution in [0.3, 0.4) is 0 Å². The molecule has 234 valence electrons. The van der Waals surface area contributed by atoms with Crippen molar-refractivity contribution in [1.29, 1.82) is 0 Å². The molecule has 1 aliphatic rings. The highest BCUT2D eigenvalue weighted by Crippen LogP contribution is 2.45. The van der Waals surface area contributed by atoms with Gasteiger partial charge in [0.05, 0.1) is 24.5 Å². The number of nitrogens with one attached hydrogen (secondary N) is 1. The smallest absolute Gasteiger partial charge is 0.412 e. The van der Waals surface area contributed by atoms with Gasteiger partial charge in [-0.15, -0.1) is 5.10 Å². The number of aryl methyl sites for hydroxylation is 1. The standard InChI is InChI=1S/C31H43FN4O6Si/c1-10-31(28(37)38,42-30(4,5)6)25-19(3)33-24-17-23(34-29(39)41-14-15-43(7,8)9)35-36(24)26(25)21-16-22(32)27-20(18(21)2)12-11-13-40-27/h16-17H,10-15H2,1-9H3,(H,37,38)(H,34,35,39)/t31-/m0/s1. The number of carbonyl (C=O) groups is 2. The molecule has 0 saturated heterocycles. The number of carboxylic acid groups (broad SMARTS) is 1. The van der Waals surface area contributed by atoms with Crippen molar-refractivity contribution < 1.29 is 33.3 Å². The maximum Gasteiger partial charge on any atom is 0.412 e. The van der Waals surface area contributed by atoms with Crippen LogP contribution >= 0.6 is 0 Å². The molecule has 43 heavy (non-hydrogen) atoms. The number of carboxylic acids is 1. The van der Waals surface area contributed by atoms with E-state index in [9.17, 15) is 14.7 Å². The van der Waals surface area contributed by atoms with Gasteiger partial charge in [-0.2, -0.15) is 0 Å². The third-order valence-electron chi connectivity index (χ3n) is 7.52. The molecule has 0 bridgehead atoms. The number of nitrogens with zero attached hydrogens (tertiary/aromatic N) is 3. The van der Waals surface area contributed by atoms with Gasteiger partial charge < -0.3 is 19.3 Å². The van der Waals surface area contributed by atoms with Gasteiger partial charge in [-0.1, -0.05) is 26.6 Å². The number of carbonyl (C=O) groups excluding carboxylic acids is 1. The summed E-state index contributed by atoms with van der Waals surface area (Å²) in [5, 5.41) is 18.0. The summed E-state index contributed by atoms with van der Waals surface area (Å²) >= 11 is 0. The van der Waals surface area contributed by atoms with Crippen LogP contribution in [0.1, 0.15) is 62.9 Å². The summed E-state index contributed by atoms with van der Waals surface area (Å²) in [7, 11) is -1.40. The molecule has 12 heteroatoms. The third kappa shape index (κ3) is 6.69. The van der Waals surface area contributed by atoms with E-state index in [1.807, 2.05) is 6.92 Å². The Balaban J connectivity index is 1.98. The minimum absolute atomic E-state index is 0.0615. The number of rotatable bonds is 9. The summed E-state index contributed by atoms with van der Waals surface area (Å²) in [4.78, 5) is 30.5. The number of hydrogen-bond acceptors (Lipinski definition) is 7. The quantitative estimate of drug-likeness (QED) is 0.250. The molecule has 2 N–H and O–H groups in total. The Hall–Kier alpha value is -3.51. The molecule has 0 fully saturated rings. The summed E-state index contributed by atoms with van der Waals surface area (Å²) in [5.74, 6) is -1.37. The van der Waals surface area contributed by atoms with Gasteiger partial charge in [0.1, 0.15) is 0 Å². The first kappa shape index (κ1) is 32.4. The second-order valence-electron chi connectivity index (χ2n) is 13.3. The van der Waals surface area contributed by atoms with E-state index in [0.29, 0.717) is 42.2 Å². The van der Waals surface area contributed by atoms with Crippen LogP contribution in [0, 0.1) is 19.7 Å². The molecule has 0 spiro atoms. The van der Waals surface area contributed by atoms with Crippen LogP contribution in [0.25, 0.3) is 16.9 Å². The summed E-state index contributed by atoms with van der Waals surface area (Å²) in [5.41, 5.74) is 0.513. The first-order chi connectivity index (χ1) is 20.0. The molecule has 0 radical (unpaired) electrons. The fourth-order valence-electron chi connectivity index (χ4n) is 5.53. The molecule has 1 amide bonds. The van der Waals surface area contributed by atoms with Gasteiger partial charge in [0, 0.05) is 36.5 Å². The zero-order valence-corrected chi connectivity index (χ0v) is 27.6. The van der Waals surface area contributed by atoms with E-state index in [4.69, 9.17) is 19.2 Å². The highest BCUT2D eigenvalue weighted by Gasteiger charge is 2.47. The highest BCUT2D eigenvalue weighted by atomic mass is 28.3. The average Bonchev–Trinajstić information content (AvgIpc) is 3.29. The van der Waals surface area contributed by atoms with E-state index in [2.05, 4.69) is 30.1 Å². The maximum absolute atomic E-state index is 15.6. The van der Waals surface area contributed by atoms with Crippen molar-refractivity contribution in [2.75, 3.05) is 18.5 Å². The number of anilines is 1. The van der Waals surface area contributed by atoms with Gasteiger partial charge in [0.25, 0.3) is 0 Å². The molecule has 4 rings (SSSR count). The van der Waals surface area contributed by atoms with Crippen LogP contribution in [0.4, 0.5) is 15.0 Å². The number of aliphatic carboxylic acids is 1. The normalized spacial score (nSPS) is 15.0. The number of fused-ring (bicyclic) bond motifs is 2. The number of halogens is 1. The molecule has 1 aliphatic heterocycles. The van der Waals surface area contributed by atoms with E-state index in [1.54, 1.807) is 40.7 Å².